The Hall–Kier alpha value is -1.97. The zero-order valence-electron chi connectivity index (χ0n) is 12.2. The number of hydrogen-bond donors (Lipinski definition) is 2. The second-order valence-corrected chi connectivity index (χ2v) is 7.00. The van der Waals surface area contributed by atoms with Gasteiger partial charge in [0.15, 0.2) is 11.6 Å². The molecule has 0 radical (unpaired) electrons. The van der Waals surface area contributed by atoms with Crippen LogP contribution >= 0.6 is 22.6 Å². The third-order valence-electron chi connectivity index (χ3n) is 4.28. The molecule has 3 atom stereocenters. The van der Waals surface area contributed by atoms with Gasteiger partial charge in [0, 0.05) is 33.2 Å². The van der Waals surface area contributed by atoms with E-state index in [0.717, 1.165) is 15.7 Å². The minimum absolute atomic E-state index is 0.0414. The molecule has 0 unspecified atom stereocenters. The molecule has 0 spiro atoms. The van der Waals surface area contributed by atoms with Crippen LogP contribution in [0, 0.1) is 21.1 Å². The molecule has 2 amide bonds. The van der Waals surface area contributed by atoms with Crippen molar-refractivity contribution in [2.45, 2.75) is 12.0 Å². The molecule has 2 aromatic rings. The van der Waals surface area contributed by atoms with Crippen LogP contribution in [0.1, 0.15) is 11.5 Å². The summed E-state index contributed by atoms with van der Waals surface area (Å²) in [7, 11) is 0. The predicted octanol–water partition coefficient (Wildman–Crippen LogP) is 3.26. The second kappa shape index (κ2) is 5.83. The van der Waals surface area contributed by atoms with Gasteiger partial charge >= 0.3 is 6.03 Å². The second-order valence-electron chi connectivity index (χ2n) is 5.76. The van der Waals surface area contributed by atoms with Crippen LogP contribution in [0.5, 0.6) is 5.75 Å². The summed E-state index contributed by atoms with van der Waals surface area (Å²) in [5.41, 5.74) is 0.212. The molecule has 1 aromatic heterocycles. The fourth-order valence-corrected chi connectivity index (χ4v) is 3.43. The number of hydrogen-bond acceptors (Lipinski definition) is 3. The van der Waals surface area contributed by atoms with E-state index in [2.05, 4.69) is 38.2 Å². The summed E-state index contributed by atoms with van der Waals surface area (Å²) in [6, 6.07) is 4.93. The molecule has 1 aliphatic heterocycles. The molecule has 0 saturated heterocycles. The lowest BCUT2D eigenvalue weighted by Gasteiger charge is -2.16. The Morgan fingerprint density at radius 2 is 2.04 bits per heavy atom. The van der Waals surface area contributed by atoms with Crippen LogP contribution in [0.25, 0.3) is 0 Å². The van der Waals surface area contributed by atoms with Crippen molar-refractivity contribution in [2.75, 3.05) is 11.9 Å². The van der Waals surface area contributed by atoms with Crippen molar-refractivity contribution in [3.63, 3.8) is 0 Å². The first kappa shape index (κ1) is 15.6. The zero-order chi connectivity index (χ0) is 16.8. The lowest BCUT2D eigenvalue weighted by atomic mass is 10.0. The first-order chi connectivity index (χ1) is 11.5. The summed E-state index contributed by atoms with van der Waals surface area (Å²) < 4.78 is 34.1. The molecule has 1 aromatic carbocycles. The van der Waals surface area contributed by atoms with E-state index in [1.165, 1.54) is 0 Å². The maximum Gasteiger partial charge on any atom is 0.320 e. The van der Waals surface area contributed by atoms with Gasteiger partial charge in [-0.3, -0.25) is 5.32 Å². The fraction of sp³-hybridized carbons (Fsp3) is 0.250. The molecule has 4 rings (SSSR count). The number of nitrogens with zero attached hydrogens (tertiary/aromatic N) is 1. The Morgan fingerprint density at radius 1 is 1.25 bits per heavy atom. The van der Waals surface area contributed by atoms with Crippen LogP contribution in [0.4, 0.5) is 19.4 Å². The highest BCUT2D eigenvalue weighted by atomic mass is 127. The van der Waals surface area contributed by atoms with Crippen molar-refractivity contribution in [3.8, 4) is 5.75 Å². The molecule has 1 fully saturated rings. The number of halogens is 3. The van der Waals surface area contributed by atoms with Gasteiger partial charge in [-0.1, -0.05) is 0 Å². The summed E-state index contributed by atoms with van der Waals surface area (Å²) >= 11 is 2.12. The number of carbonyl (C=O) groups excluding carboxylic acids is 1. The van der Waals surface area contributed by atoms with Crippen LogP contribution in [0.15, 0.2) is 30.5 Å². The summed E-state index contributed by atoms with van der Waals surface area (Å²) in [6.45, 7) is 0.255. The van der Waals surface area contributed by atoms with Crippen LogP contribution in [0.3, 0.4) is 0 Å². The minimum Gasteiger partial charge on any atom is -0.490 e. The number of rotatable bonds is 2. The highest BCUT2D eigenvalue weighted by molar-refractivity contribution is 14.1. The Bertz CT molecular complexity index is 816. The number of pyridine rings is 1. The SMILES string of the molecule is O=C(Nc1ccc(I)cn1)N[C@@H]1[C@H]2COc3c(F)ccc(F)c3[C@@H]21. The maximum absolute atomic E-state index is 14.0. The van der Waals surface area contributed by atoms with Gasteiger partial charge in [-0.15, -0.1) is 0 Å². The molecular formula is C16H12F2IN3O2. The number of aromatic nitrogens is 1. The van der Waals surface area contributed by atoms with Crippen molar-refractivity contribution in [2.24, 2.45) is 5.92 Å². The molecule has 124 valence electrons. The standard InChI is InChI=1S/C16H12F2IN3O2/c17-9-2-3-10(18)15-13(9)12-8(6-24-15)14(12)22-16(23)21-11-4-1-7(19)5-20-11/h1-5,8,12,14H,6H2,(H2,20,21,22,23)/t8-,12+,14+/m0/s1. The molecular weight excluding hydrogens is 431 g/mol. The van der Waals surface area contributed by atoms with Crippen molar-refractivity contribution >= 4 is 34.4 Å². The summed E-state index contributed by atoms with van der Waals surface area (Å²) in [5, 5.41) is 5.41. The zero-order valence-corrected chi connectivity index (χ0v) is 14.4. The summed E-state index contributed by atoms with van der Waals surface area (Å²) in [4.78, 5) is 16.2. The number of amides is 2. The van der Waals surface area contributed by atoms with Crippen LogP contribution in [-0.4, -0.2) is 23.7 Å². The first-order valence-electron chi connectivity index (χ1n) is 7.34. The smallest absolute Gasteiger partial charge is 0.320 e. The van der Waals surface area contributed by atoms with Crippen LogP contribution in [-0.2, 0) is 0 Å². The minimum atomic E-state index is -0.581. The van der Waals surface area contributed by atoms with Gasteiger partial charge in [0.25, 0.3) is 0 Å². The van der Waals surface area contributed by atoms with Crippen LogP contribution in [0.2, 0.25) is 0 Å². The van der Waals surface area contributed by atoms with Gasteiger partial charge in [0.05, 0.1) is 6.61 Å². The molecule has 1 aliphatic carbocycles. The van der Waals surface area contributed by atoms with Crippen LogP contribution < -0.4 is 15.4 Å². The predicted molar refractivity (Wildman–Crippen MR) is 91.0 cm³/mol. The molecule has 0 bridgehead atoms. The number of nitrogens with one attached hydrogen (secondary N) is 2. The number of fused-ring (bicyclic) bond motifs is 3. The highest BCUT2D eigenvalue weighted by Gasteiger charge is 2.57. The Balaban J connectivity index is 1.47. The largest absolute Gasteiger partial charge is 0.490 e. The summed E-state index contributed by atoms with van der Waals surface area (Å²) in [5.74, 6) is -1.03. The molecule has 1 saturated carbocycles. The summed E-state index contributed by atoms with van der Waals surface area (Å²) in [6.07, 6.45) is 1.63. The monoisotopic (exact) mass is 443 g/mol. The lowest BCUT2D eigenvalue weighted by Crippen LogP contribution is -2.32. The van der Waals surface area contributed by atoms with Gasteiger partial charge in [0.2, 0.25) is 0 Å². The molecule has 24 heavy (non-hydrogen) atoms. The van der Waals surface area contributed by atoms with Gasteiger partial charge in [0.1, 0.15) is 11.6 Å². The number of urea groups is 1. The van der Waals surface area contributed by atoms with Crippen molar-refractivity contribution in [3.05, 3.63) is 51.2 Å². The van der Waals surface area contributed by atoms with E-state index in [9.17, 15) is 13.6 Å². The third-order valence-corrected chi connectivity index (χ3v) is 4.92. The first-order valence-corrected chi connectivity index (χ1v) is 8.42. The van der Waals surface area contributed by atoms with E-state index < -0.39 is 17.7 Å². The van der Waals surface area contributed by atoms with E-state index in [1.807, 2.05) is 6.07 Å². The Kier molecular flexibility index (Phi) is 3.78. The van der Waals surface area contributed by atoms with E-state index in [1.54, 1.807) is 12.3 Å². The average Bonchev–Trinajstić information content (AvgIpc) is 3.26. The molecule has 2 aliphatic rings. The van der Waals surface area contributed by atoms with Gasteiger partial charge in [-0.2, -0.15) is 0 Å². The molecule has 8 heteroatoms. The van der Waals surface area contributed by atoms with Gasteiger partial charge < -0.3 is 10.1 Å². The molecule has 5 nitrogen and oxygen atoms in total. The third kappa shape index (κ3) is 2.68. The fourth-order valence-electron chi connectivity index (χ4n) is 3.11. The van der Waals surface area contributed by atoms with Gasteiger partial charge in [-0.25, -0.2) is 18.6 Å². The van der Waals surface area contributed by atoms with Crippen molar-refractivity contribution in [1.82, 2.24) is 10.3 Å². The lowest BCUT2D eigenvalue weighted by molar-refractivity contribution is 0.247. The van der Waals surface area contributed by atoms with Crippen molar-refractivity contribution in [1.29, 1.82) is 0 Å². The number of benzene rings is 1. The quantitative estimate of drug-likeness (QED) is 0.701. The average molecular weight is 443 g/mol. The Labute approximate surface area is 149 Å². The molecule has 2 heterocycles. The highest BCUT2D eigenvalue weighted by Crippen LogP contribution is 2.55. The topological polar surface area (TPSA) is 63.2 Å². The maximum atomic E-state index is 14.0. The van der Waals surface area contributed by atoms with E-state index in [4.69, 9.17) is 4.74 Å². The molecule has 2 N–H and O–H groups in total. The van der Waals surface area contributed by atoms with E-state index in [-0.39, 0.29) is 35.8 Å². The number of anilines is 1. The van der Waals surface area contributed by atoms with E-state index >= 15 is 0 Å². The van der Waals surface area contributed by atoms with Crippen molar-refractivity contribution < 1.29 is 18.3 Å². The normalized spacial score (nSPS) is 23.5. The number of carbonyl (C=O) groups is 1. The number of ether oxygens (including phenoxy) is 1. The van der Waals surface area contributed by atoms with E-state index in [0.29, 0.717) is 5.82 Å². The van der Waals surface area contributed by atoms with Gasteiger partial charge in [-0.05, 0) is 46.9 Å². The Morgan fingerprint density at radius 3 is 2.79 bits per heavy atom.